The average Bonchev–Trinajstić information content (AvgIpc) is 2.32. The monoisotopic (exact) mass is 342 g/mol. The molecule has 1 aromatic carbocycles. The first-order valence-corrected chi connectivity index (χ1v) is 7.16. The van der Waals surface area contributed by atoms with Crippen LogP contribution in [0.15, 0.2) is 22.7 Å². The first-order chi connectivity index (χ1) is 9.28. The van der Waals surface area contributed by atoms with Crippen molar-refractivity contribution >= 4 is 33.6 Å². The molecule has 20 heavy (non-hydrogen) atoms. The van der Waals surface area contributed by atoms with Gasteiger partial charge in [0.25, 0.3) is 0 Å². The number of carboxylic acid groups (broad SMARTS) is 1. The summed E-state index contributed by atoms with van der Waals surface area (Å²) < 4.78 is 0.919. The first-order valence-electron chi connectivity index (χ1n) is 6.37. The molecule has 2 amide bonds. The number of aryl methyl sites for hydroxylation is 1. The van der Waals surface area contributed by atoms with Crippen molar-refractivity contribution in [1.29, 1.82) is 0 Å². The van der Waals surface area contributed by atoms with Crippen molar-refractivity contribution < 1.29 is 14.7 Å². The lowest BCUT2D eigenvalue weighted by Gasteiger charge is -2.26. The Balaban J connectivity index is 2.78. The fraction of sp³-hybridized carbons (Fsp3) is 0.429. The van der Waals surface area contributed by atoms with Crippen LogP contribution < -0.4 is 10.6 Å². The third-order valence-corrected chi connectivity index (χ3v) is 3.54. The van der Waals surface area contributed by atoms with Crippen LogP contribution in [-0.4, -0.2) is 22.6 Å². The van der Waals surface area contributed by atoms with E-state index in [0.29, 0.717) is 18.5 Å². The molecule has 0 aliphatic heterocycles. The molecule has 110 valence electrons. The topological polar surface area (TPSA) is 78.4 Å². The predicted molar refractivity (Wildman–Crippen MR) is 82.0 cm³/mol. The highest BCUT2D eigenvalue weighted by Gasteiger charge is 2.33. The minimum atomic E-state index is -1.26. The summed E-state index contributed by atoms with van der Waals surface area (Å²) in [4.78, 5) is 23.2. The third-order valence-electron chi connectivity index (χ3n) is 3.05. The Morgan fingerprint density at radius 3 is 2.55 bits per heavy atom. The highest BCUT2D eigenvalue weighted by atomic mass is 79.9. The van der Waals surface area contributed by atoms with Crippen LogP contribution in [0.4, 0.5) is 10.5 Å². The van der Waals surface area contributed by atoms with Crippen LogP contribution in [0, 0.1) is 6.92 Å². The van der Waals surface area contributed by atoms with Gasteiger partial charge < -0.3 is 15.7 Å². The number of carboxylic acids is 1. The maximum atomic E-state index is 11.9. The number of rotatable bonds is 5. The number of anilines is 1. The highest BCUT2D eigenvalue weighted by Crippen LogP contribution is 2.20. The number of carbonyl (C=O) groups excluding carboxylic acids is 1. The van der Waals surface area contributed by atoms with E-state index in [-0.39, 0.29) is 0 Å². The van der Waals surface area contributed by atoms with E-state index in [9.17, 15) is 14.7 Å². The molecule has 0 bridgehead atoms. The van der Waals surface area contributed by atoms with Crippen LogP contribution in [0.1, 0.15) is 32.3 Å². The minimum Gasteiger partial charge on any atom is -0.480 e. The van der Waals surface area contributed by atoms with E-state index in [1.165, 1.54) is 6.92 Å². The summed E-state index contributed by atoms with van der Waals surface area (Å²) in [6.45, 7) is 5.25. The van der Waals surface area contributed by atoms with Gasteiger partial charge in [0, 0.05) is 10.2 Å². The zero-order valence-corrected chi connectivity index (χ0v) is 13.4. The molecule has 0 aromatic heterocycles. The maximum Gasteiger partial charge on any atom is 0.329 e. The van der Waals surface area contributed by atoms with E-state index in [2.05, 4.69) is 26.6 Å². The molecule has 0 fully saturated rings. The second kappa shape index (κ2) is 6.74. The molecule has 6 heteroatoms. The molecular weight excluding hydrogens is 324 g/mol. The van der Waals surface area contributed by atoms with E-state index in [4.69, 9.17) is 0 Å². The van der Waals surface area contributed by atoms with Gasteiger partial charge in [-0.2, -0.15) is 0 Å². The molecule has 1 unspecified atom stereocenters. The Hall–Kier alpha value is -1.56. The average molecular weight is 343 g/mol. The van der Waals surface area contributed by atoms with E-state index in [1.807, 2.05) is 26.0 Å². The van der Waals surface area contributed by atoms with Crippen LogP contribution in [0.25, 0.3) is 0 Å². The van der Waals surface area contributed by atoms with E-state index >= 15 is 0 Å². The van der Waals surface area contributed by atoms with Gasteiger partial charge in [-0.05, 0) is 44.0 Å². The molecule has 0 saturated heterocycles. The van der Waals surface area contributed by atoms with Crippen molar-refractivity contribution in [1.82, 2.24) is 5.32 Å². The minimum absolute atomic E-state index is 0.370. The van der Waals surface area contributed by atoms with E-state index in [0.717, 1.165) is 10.0 Å². The van der Waals surface area contributed by atoms with Gasteiger partial charge in [0.2, 0.25) is 0 Å². The Labute approximate surface area is 126 Å². The summed E-state index contributed by atoms with van der Waals surface area (Å²) in [5.74, 6) is -1.04. The van der Waals surface area contributed by atoms with Gasteiger partial charge in [0.15, 0.2) is 0 Å². The zero-order valence-electron chi connectivity index (χ0n) is 11.8. The molecular formula is C14H19BrN2O3. The SMILES string of the molecule is CCCC(C)(NC(=O)Nc1ccc(Br)cc1C)C(=O)O. The standard InChI is InChI=1S/C14H19BrN2O3/c1-4-7-14(3,12(18)19)17-13(20)16-11-6-5-10(15)8-9(11)2/h5-6,8H,4,7H2,1-3H3,(H,18,19)(H2,16,17,20). The summed E-state index contributed by atoms with van der Waals surface area (Å²) in [6, 6.07) is 4.92. The molecule has 0 aliphatic rings. The summed E-state index contributed by atoms with van der Waals surface area (Å²) >= 11 is 3.34. The van der Waals surface area contributed by atoms with Crippen LogP contribution in [-0.2, 0) is 4.79 Å². The Morgan fingerprint density at radius 2 is 2.05 bits per heavy atom. The molecule has 1 atom stereocenters. The van der Waals surface area contributed by atoms with Gasteiger partial charge in [-0.3, -0.25) is 0 Å². The van der Waals surface area contributed by atoms with Crippen molar-refractivity contribution in [3.63, 3.8) is 0 Å². The maximum absolute atomic E-state index is 11.9. The Morgan fingerprint density at radius 1 is 1.40 bits per heavy atom. The van der Waals surface area contributed by atoms with Gasteiger partial charge in [0.05, 0.1) is 0 Å². The third kappa shape index (κ3) is 4.23. The van der Waals surface area contributed by atoms with Crippen LogP contribution in [0.3, 0.4) is 0 Å². The molecule has 3 N–H and O–H groups in total. The fourth-order valence-corrected chi connectivity index (χ4v) is 2.37. The van der Waals surface area contributed by atoms with Crippen LogP contribution in [0.2, 0.25) is 0 Å². The Kier molecular flexibility index (Phi) is 5.56. The number of carbonyl (C=O) groups is 2. The first kappa shape index (κ1) is 16.5. The number of nitrogens with one attached hydrogen (secondary N) is 2. The lowest BCUT2D eigenvalue weighted by Crippen LogP contribution is -2.53. The molecule has 5 nitrogen and oxygen atoms in total. The van der Waals surface area contributed by atoms with E-state index < -0.39 is 17.5 Å². The lowest BCUT2D eigenvalue weighted by atomic mass is 9.97. The summed E-state index contributed by atoms with van der Waals surface area (Å²) in [5.41, 5.74) is 0.277. The summed E-state index contributed by atoms with van der Waals surface area (Å²) in [7, 11) is 0. The molecule has 0 spiro atoms. The van der Waals surface area contributed by atoms with Crippen molar-refractivity contribution in [3.8, 4) is 0 Å². The largest absolute Gasteiger partial charge is 0.480 e. The molecule has 1 aromatic rings. The van der Waals surface area contributed by atoms with Crippen LogP contribution in [0.5, 0.6) is 0 Å². The van der Waals surface area contributed by atoms with Gasteiger partial charge in [0.1, 0.15) is 5.54 Å². The molecule has 0 heterocycles. The number of amides is 2. The Bertz CT molecular complexity index is 519. The number of benzene rings is 1. The number of hydrogen-bond donors (Lipinski definition) is 3. The number of halogens is 1. The van der Waals surface area contributed by atoms with Gasteiger partial charge in [-0.25, -0.2) is 9.59 Å². The van der Waals surface area contributed by atoms with Gasteiger partial charge in [-0.1, -0.05) is 29.3 Å². The molecule has 0 aliphatic carbocycles. The van der Waals surface area contributed by atoms with Crippen molar-refractivity contribution in [2.45, 2.75) is 39.2 Å². The lowest BCUT2D eigenvalue weighted by molar-refractivity contribution is -0.143. The fourth-order valence-electron chi connectivity index (χ4n) is 1.89. The van der Waals surface area contributed by atoms with Crippen LogP contribution >= 0.6 is 15.9 Å². The zero-order chi connectivity index (χ0) is 15.3. The van der Waals surface area contributed by atoms with Crippen molar-refractivity contribution in [2.24, 2.45) is 0 Å². The normalized spacial score (nSPS) is 13.4. The predicted octanol–water partition coefficient (Wildman–Crippen LogP) is 3.52. The summed E-state index contributed by atoms with van der Waals surface area (Å²) in [5, 5.41) is 14.4. The molecule has 1 rings (SSSR count). The second-order valence-electron chi connectivity index (χ2n) is 4.93. The van der Waals surface area contributed by atoms with Crippen molar-refractivity contribution in [2.75, 3.05) is 5.32 Å². The van der Waals surface area contributed by atoms with Crippen molar-refractivity contribution in [3.05, 3.63) is 28.2 Å². The smallest absolute Gasteiger partial charge is 0.329 e. The number of aliphatic carboxylic acids is 1. The molecule has 0 radical (unpaired) electrons. The highest BCUT2D eigenvalue weighted by molar-refractivity contribution is 9.10. The quantitative estimate of drug-likeness (QED) is 0.765. The second-order valence-corrected chi connectivity index (χ2v) is 5.84. The van der Waals surface area contributed by atoms with E-state index in [1.54, 1.807) is 6.07 Å². The van der Waals surface area contributed by atoms with Gasteiger partial charge >= 0.3 is 12.0 Å². The summed E-state index contributed by atoms with van der Waals surface area (Å²) in [6.07, 6.45) is 1.04. The number of hydrogen-bond acceptors (Lipinski definition) is 2. The molecule has 0 saturated carbocycles. The van der Waals surface area contributed by atoms with Gasteiger partial charge in [-0.15, -0.1) is 0 Å². The number of urea groups is 1.